The Kier molecular flexibility index (Phi) is 3.51. The summed E-state index contributed by atoms with van der Waals surface area (Å²) in [6.45, 7) is 4.31. The average Bonchev–Trinajstić information content (AvgIpc) is 3.06. The van der Waals surface area contributed by atoms with Crippen LogP contribution in [0.1, 0.15) is 18.9 Å². The summed E-state index contributed by atoms with van der Waals surface area (Å²) in [5, 5.41) is 0. The lowest BCUT2D eigenvalue weighted by molar-refractivity contribution is 0.366. The molecule has 0 bridgehead atoms. The van der Waals surface area contributed by atoms with Gasteiger partial charge in [0.1, 0.15) is 0 Å². The predicted molar refractivity (Wildman–Crippen MR) is 65.3 cm³/mol. The minimum Gasteiger partial charge on any atom is -0.368 e. The normalized spacial score (nSPS) is 23.6. The van der Waals surface area contributed by atoms with Gasteiger partial charge in [-0.1, -0.05) is 24.6 Å². The smallest absolute Gasteiger partial charge is 0.240 e. The Morgan fingerprint density at radius 3 is 2.41 bits per heavy atom. The highest BCUT2D eigenvalue weighted by Gasteiger charge is 2.37. The number of benzene rings is 1. The molecule has 1 aliphatic heterocycles. The fourth-order valence-electron chi connectivity index (χ4n) is 1.71. The third-order valence-electron chi connectivity index (χ3n) is 2.90. The maximum atomic E-state index is 11.9. The molecular formula is C12H17NO3S. The van der Waals surface area contributed by atoms with E-state index >= 15 is 0 Å². The second-order valence-corrected chi connectivity index (χ2v) is 6.05. The molecule has 2 rings (SSSR count). The first-order valence-corrected chi connectivity index (χ1v) is 7.23. The van der Waals surface area contributed by atoms with Gasteiger partial charge in [0.25, 0.3) is 0 Å². The Morgan fingerprint density at radius 2 is 1.88 bits per heavy atom. The number of aryl methyl sites for hydroxylation is 1. The molecular weight excluding hydrogens is 238 g/mol. The second kappa shape index (κ2) is 4.76. The van der Waals surface area contributed by atoms with E-state index in [1.807, 2.05) is 13.8 Å². The van der Waals surface area contributed by atoms with Crippen LogP contribution in [-0.2, 0) is 14.8 Å². The fraction of sp³-hybridized carbons (Fsp3) is 0.500. The van der Waals surface area contributed by atoms with Crippen molar-refractivity contribution in [2.45, 2.75) is 37.4 Å². The topological polar surface area (TPSA) is 58.7 Å². The van der Waals surface area contributed by atoms with Gasteiger partial charge in [0.05, 0.1) is 17.1 Å². The Bertz CT molecular complexity index is 481. The molecule has 0 amide bonds. The molecule has 0 radical (unpaired) electrons. The number of nitrogens with one attached hydrogen (secondary N) is 1. The SMILES string of the molecule is CCC1OC1CNS(=O)(=O)c1ccc(C)cc1. The van der Waals surface area contributed by atoms with Gasteiger partial charge in [-0.25, -0.2) is 13.1 Å². The summed E-state index contributed by atoms with van der Waals surface area (Å²) in [6.07, 6.45) is 1.19. The largest absolute Gasteiger partial charge is 0.368 e. The van der Waals surface area contributed by atoms with E-state index in [4.69, 9.17) is 4.74 Å². The standard InChI is InChI=1S/C12H17NO3S/c1-3-11-12(16-11)8-13-17(14,15)10-6-4-9(2)5-7-10/h4-7,11-13H,3,8H2,1-2H3. The van der Waals surface area contributed by atoms with Crippen LogP contribution in [0.15, 0.2) is 29.2 Å². The third-order valence-corrected chi connectivity index (χ3v) is 4.34. The highest BCUT2D eigenvalue weighted by Crippen LogP contribution is 2.24. The van der Waals surface area contributed by atoms with Crippen LogP contribution >= 0.6 is 0 Å². The quantitative estimate of drug-likeness (QED) is 0.810. The lowest BCUT2D eigenvalue weighted by Gasteiger charge is -2.05. The highest BCUT2D eigenvalue weighted by molar-refractivity contribution is 7.89. The molecule has 1 saturated heterocycles. The zero-order valence-corrected chi connectivity index (χ0v) is 10.8. The summed E-state index contributed by atoms with van der Waals surface area (Å²) in [6, 6.07) is 6.81. The molecule has 2 unspecified atom stereocenters. The number of ether oxygens (including phenoxy) is 1. The highest BCUT2D eigenvalue weighted by atomic mass is 32.2. The van der Waals surface area contributed by atoms with Gasteiger partial charge in [0.2, 0.25) is 10.0 Å². The molecule has 1 aromatic rings. The van der Waals surface area contributed by atoms with Crippen molar-refractivity contribution >= 4 is 10.0 Å². The number of sulfonamides is 1. The number of epoxide rings is 1. The molecule has 1 heterocycles. The van der Waals surface area contributed by atoms with E-state index in [-0.39, 0.29) is 12.2 Å². The van der Waals surface area contributed by atoms with Gasteiger partial charge < -0.3 is 4.74 Å². The van der Waals surface area contributed by atoms with Crippen molar-refractivity contribution < 1.29 is 13.2 Å². The molecule has 0 saturated carbocycles. The molecule has 0 spiro atoms. The summed E-state index contributed by atoms with van der Waals surface area (Å²) >= 11 is 0. The van der Waals surface area contributed by atoms with E-state index in [9.17, 15) is 8.42 Å². The zero-order chi connectivity index (χ0) is 12.5. The van der Waals surface area contributed by atoms with Crippen molar-refractivity contribution in [3.8, 4) is 0 Å². The van der Waals surface area contributed by atoms with Crippen LogP contribution in [-0.4, -0.2) is 27.2 Å². The van der Waals surface area contributed by atoms with E-state index in [1.165, 1.54) is 0 Å². The number of rotatable bonds is 5. The van der Waals surface area contributed by atoms with Gasteiger partial charge in [-0.15, -0.1) is 0 Å². The van der Waals surface area contributed by atoms with Crippen molar-refractivity contribution in [2.75, 3.05) is 6.54 Å². The van der Waals surface area contributed by atoms with Crippen LogP contribution in [0.5, 0.6) is 0 Å². The van der Waals surface area contributed by atoms with Gasteiger partial charge in [-0.3, -0.25) is 0 Å². The summed E-state index contributed by atoms with van der Waals surface area (Å²) in [4.78, 5) is 0.303. The van der Waals surface area contributed by atoms with E-state index < -0.39 is 10.0 Å². The monoisotopic (exact) mass is 255 g/mol. The molecule has 1 fully saturated rings. The molecule has 0 aromatic heterocycles. The third kappa shape index (κ3) is 3.06. The summed E-state index contributed by atoms with van der Waals surface area (Å²) in [5.74, 6) is 0. The van der Waals surface area contributed by atoms with Crippen LogP contribution in [0.2, 0.25) is 0 Å². The van der Waals surface area contributed by atoms with E-state index in [2.05, 4.69) is 4.72 Å². The maximum Gasteiger partial charge on any atom is 0.240 e. The van der Waals surface area contributed by atoms with E-state index in [1.54, 1.807) is 24.3 Å². The predicted octanol–water partition coefficient (Wildman–Crippen LogP) is 1.45. The van der Waals surface area contributed by atoms with Crippen molar-refractivity contribution in [1.29, 1.82) is 0 Å². The van der Waals surface area contributed by atoms with Gasteiger partial charge >= 0.3 is 0 Å². The van der Waals surface area contributed by atoms with E-state index in [0.717, 1.165) is 12.0 Å². The Labute approximate surface area is 102 Å². The molecule has 4 nitrogen and oxygen atoms in total. The summed E-state index contributed by atoms with van der Waals surface area (Å²) < 4.78 is 31.7. The van der Waals surface area contributed by atoms with Gasteiger partial charge in [-0.05, 0) is 25.5 Å². The minimum absolute atomic E-state index is 0.0419. The van der Waals surface area contributed by atoms with Gasteiger partial charge in [-0.2, -0.15) is 0 Å². The molecule has 1 N–H and O–H groups in total. The first-order valence-electron chi connectivity index (χ1n) is 5.74. The Hall–Kier alpha value is -0.910. The molecule has 1 aromatic carbocycles. The van der Waals surface area contributed by atoms with Crippen LogP contribution < -0.4 is 4.72 Å². The zero-order valence-electron chi connectivity index (χ0n) is 10.0. The maximum absolute atomic E-state index is 11.9. The van der Waals surface area contributed by atoms with E-state index in [0.29, 0.717) is 11.4 Å². The van der Waals surface area contributed by atoms with Crippen molar-refractivity contribution in [3.63, 3.8) is 0 Å². The van der Waals surface area contributed by atoms with Gasteiger partial charge in [0.15, 0.2) is 0 Å². The fourth-order valence-corrected chi connectivity index (χ4v) is 2.76. The minimum atomic E-state index is -3.39. The first kappa shape index (κ1) is 12.5. The van der Waals surface area contributed by atoms with Crippen LogP contribution in [0.4, 0.5) is 0 Å². The molecule has 2 atom stereocenters. The van der Waals surface area contributed by atoms with Crippen LogP contribution in [0.25, 0.3) is 0 Å². The van der Waals surface area contributed by atoms with Crippen molar-refractivity contribution in [1.82, 2.24) is 4.72 Å². The molecule has 5 heteroatoms. The van der Waals surface area contributed by atoms with Crippen molar-refractivity contribution in [3.05, 3.63) is 29.8 Å². The van der Waals surface area contributed by atoms with Gasteiger partial charge in [0, 0.05) is 6.54 Å². The second-order valence-electron chi connectivity index (χ2n) is 4.29. The molecule has 17 heavy (non-hydrogen) atoms. The van der Waals surface area contributed by atoms with Crippen molar-refractivity contribution in [2.24, 2.45) is 0 Å². The average molecular weight is 255 g/mol. The Morgan fingerprint density at radius 1 is 1.24 bits per heavy atom. The molecule has 94 valence electrons. The number of hydrogen-bond donors (Lipinski definition) is 1. The molecule has 0 aliphatic carbocycles. The first-order chi connectivity index (χ1) is 8.03. The number of hydrogen-bond acceptors (Lipinski definition) is 3. The van der Waals surface area contributed by atoms with Crippen LogP contribution in [0.3, 0.4) is 0 Å². The summed E-state index contributed by atoms with van der Waals surface area (Å²) in [5.41, 5.74) is 1.04. The summed E-state index contributed by atoms with van der Waals surface area (Å²) in [7, 11) is -3.39. The lowest BCUT2D eigenvalue weighted by atomic mass is 10.2. The molecule has 1 aliphatic rings. The Balaban J connectivity index is 1.97. The van der Waals surface area contributed by atoms with Crippen LogP contribution in [0, 0.1) is 6.92 Å². The lowest BCUT2D eigenvalue weighted by Crippen LogP contribution is -2.28.